The van der Waals surface area contributed by atoms with Crippen LogP contribution in [0.4, 0.5) is 4.39 Å². The lowest BCUT2D eigenvalue weighted by molar-refractivity contribution is 0.0683. The molecule has 20 nitrogen and oxygen atoms in total. The van der Waals surface area contributed by atoms with E-state index in [1.54, 1.807) is 98.8 Å². The fourth-order valence-electron chi connectivity index (χ4n) is 13.5. The Hall–Kier alpha value is -12.2. The largest absolute Gasteiger partial charge is 0.489 e. The van der Waals surface area contributed by atoms with Crippen molar-refractivity contribution in [2.75, 3.05) is 0 Å². The Kier molecular flexibility index (Phi) is 22.8. The highest BCUT2D eigenvalue weighted by atomic mass is 35.5. The lowest BCUT2D eigenvalue weighted by Gasteiger charge is -2.13. The van der Waals surface area contributed by atoms with Crippen molar-refractivity contribution in [2.24, 2.45) is 0 Å². The summed E-state index contributed by atoms with van der Waals surface area (Å²) in [7, 11) is 0. The maximum atomic E-state index is 13.8. The van der Waals surface area contributed by atoms with Gasteiger partial charge in [-0.3, -0.25) is 0 Å². The van der Waals surface area contributed by atoms with Gasteiger partial charge in [0.1, 0.15) is 106 Å². The number of aryl methyl sites for hydroxylation is 2. The molecule has 3 aliphatic carbocycles. The summed E-state index contributed by atoms with van der Waals surface area (Å²) in [6.07, 6.45) is 7.51. The monoisotopic (exact) mass is 1680 g/mol. The Bertz CT molecular complexity index is 6340. The molecule has 117 heavy (non-hydrogen) atoms. The third kappa shape index (κ3) is 17.4. The summed E-state index contributed by atoms with van der Waals surface area (Å²) in [6.45, 7) is 4.08. The SMILES string of the molecule is Cc1cc(C(=O)O)cnc1Oc1cccc2cc(OCc3c(-c4c(Cl)cccc4Cl)noc3C3CC3)ccc12.Cc1nc(Oc2cccc3cc(OCc4c(-c5c(Cl)cccc5Cl)noc4C4CC4)ccc23)ccc1C(=O)O.O=C(O)c1ccc(F)cc1Oc1cccc2cc(OCc3c(-c4c(Cl)cccc4Cl)noc3C3CC3)ccc12. The van der Waals surface area contributed by atoms with Crippen LogP contribution in [0, 0.1) is 19.7 Å². The van der Waals surface area contributed by atoms with Gasteiger partial charge in [0, 0.05) is 74.5 Å². The molecule has 0 saturated heterocycles. The fourth-order valence-corrected chi connectivity index (χ4v) is 15.3. The lowest BCUT2D eigenvalue weighted by Crippen LogP contribution is -2.02. The normalized spacial score (nSPS) is 13.0. The Morgan fingerprint density at radius 3 is 1.16 bits per heavy atom. The second-order valence-electron chi connectivity index (χ2n) is 28.0. The minimum Gasteiger partial charge on any atom is -0.489 e. The number of ether oxygens (including phenoxy) is 6. The van der Waals surface area contributed by atoms with Crippen LogP contribution >= 0.6 is 69.6 Å². The van der Waals surface area contributed by atoms with E-state index in [0.29, 0.717) is 145 Å². The summed E-state index contributed by atoms with van der Waals surface area (Å²) in [5.74, 6) is 3.57. The quantitative estimate of drug-likeness (QED) is 0.0507. The average molecular weight is 1690 g/mol. The van der Waals surface area contributed by atoms with Crippen LogP contribution in [-0.2, 0) is 19.8 Å². The Balaban J connectivity index is 0.000000131. The molecule has 3 saturated carbocycles. The number of nitrogens with zero attached hydrogens (tertiary/aromatic N) is 5. The van der Waals surface area contributed by atoms with Crippen molar-refractivity contribution in [1.82, 2.24) is 25.4 Å². The number of halogens is 7. The van der Waals surface area contributed by atoms with Gasteiger partial charge < -0.3 is 57.3 Å². The Labute approximate surface area is 696 Å². The number of pyridine rings is 2. The minimum absolute atomic E-state index is 0.0823. The molecule has 3 aliphatic rings. The maximum Gasteiger partial charge on any atom is 0.339 e. The van der Waals surface area contributed by atoms with Gasteiger partial charge in [-0.25, -0.2) is 28.7 Å². The molecule has 10 aromatic carbocycles. The topological polar surface area (TPSA) is 271 Å². The third-order valence-electron chi connectivity index (χ3n) is 19.9. The van der Waals surface area contributed by atoms with E-state index < -0.39 is 23.7 Å². The molecule has 0 unspecified atom stereocenters. The summed E-state index contributed by atoms with van der Waals surface area (Å²) < 4.78 is 67.6. The van der Waals surface area contributed by atoms with Crippen molar-refractivity contribution in [1.29, 1.82) is 0 Å². The van der Waals surface area contributed by atoms with Gasteiger partial charge in [-0.15, -0.1) is 0 Å². The number of hydrogen-bond acceptors (Lipinski definition) is 17. The summed E-state index contributed by atoms with van der Waals surface area (Å²) in [6, 6.07) is 57.4. The zero-order chi connectivity index (χ0) is 81.3. The smallest absolute Gasteiger partial charge is 0.339 e. The predicted octanol–water partition coefficient (Wildman–Crippen LogP) is 25.8. The summed E-state index contributed by atoms with van der Waals surface area (Å²) in [5.41, 5.74) is 7.24. The van der Waals surface area contributed by atoms with Crippen LogP contribution in [0.2, 0.25) is 30.1 Å². The van der Waals surface area contributed by atoms with Gasteiger partial charge in [-0.1, -0.05) is 140 Å². The number of carboxylic acid groups (broad SMARTS) is 3. The van der Waals surface area contributed by atoms with Gasteiger partial charge in [-0.2, -0.15) is 0 Å². The number of carboxylic acids is 3. The van der Waals surface area contributed by atoms with Crippen LogP contribution in [0.25, 0.3) is 66.1 Å². The van der Waals surface area contributed by atoms with Crippen molar-refractivity contribution in [3.05, 3.63) is 304 Å². The highest BCUT2D eigenvalue weighted by Crippen LogP contribution is 2.50. The van der Waals surface area contributed by atoms with Crippen LogP contribution in [0.3, 0.4) is 0 Å². The molecule has 27 heteroatoms. The van der Waals surface area contributed by atoms with Gasteiger partial charge in [-0.05, 0) is 202 Å². The summed E-state index contributed by atoms with van der Waals surface area (Å²) in [5, 5.41) is 48.8. The first-order valence-corrected chi connectivity index (χ1v) is 39.2. The van der Waals surface area contributed by atoms with Crippen molar-refractivity contribution in [3.8, 4) is 85.8 Å². The zero-order valence-electron chi connectivity index (χ0n) is 61.8. The first-order valence-electron chi connectivity index (χ1n) is 36.9. The van der Waals surface area contributed by atoms with E-state index in [9.17, 15) is 34.1 Å². The maximum absolute atomic E-state index is 13.8. The van der Waals surface area contributed by atoms with E-state index in [-0.39, 0.29) is 42.3 Å². The molecule has 5 heterocycles. The van der Waals surface area contributed by atoms with Gasteiger partial charge in [0.15, 0.2) is 0 Å². The standard InChI is InChI=1S/C30H20Cl2FNO5.2C30H22Cl2N2O5/c31-23-4-2-5-24(32)27(23)28-22(29(39-34-28)16-7-8-16)15-37-19-10-12-20-17(13-19)3-1-6-25(20)38-26-14-18(33)9-11-21(26)30(35)36;1-16-12-19(30(35)36)14-33-29(16)38-25-7-2-4-18-13-20(10-11-21(18)25)37-15-22-27(34-39-28(22)17-8-9-17)26-23(31)5-3-6-24(26)32;1-16-20(30(35)36)12-13-26(33-16)38-25-7-2-4-18-14-19(10-11-21(18)25)37-15-22-28(34-39-29(22)17-8-9-17)27-23(31)5-3-6-24(27)32/h1-6,9-14,16H,7-8,15H2,(H,35,36);2*2-7,10-14,17H,8-9,15H2,1H3,(H,35,36). The third-order valence-corrected chi connectivity index (χ3v) is 21.8. The number of aromatic nitrogens is 5. The molecule has 15 aromatic rings. The lowest BCUT2D eigenvalue weighted by atomic mass is 10.0. The van der Waals surface area contributed by atoms with Gasteiger partial charge in [0.25, 0.3) is 0 Å². The fraction of sp³-hybridized carbons (Fsp3) is 0.156. The molecular formula is C90H64Cl6FN5O15. The van der Waals surface area contributed by atoms with Gasteiger partial charge in [0.05, 0.1) is 63.6 Å². The molecule has 0 bridgehead atoms. The molecule has 0 radical (unpaired) electrons. The van der Waals surface area contributed by atoms with Crippen molar-refractivity contribution >= 4 is 120 Å². The second kappa shape index (κ2) is 33.9. The van der Waals surface area contributed by atoms with E-state index in [0.717, 1.165) is 112 Å². The average Bonchev–Trinajstić information content (AvgIpc) is 1.68. The first-order chi connectivity index (χ1) is 56.7. The van der Waals surface area contributed by atoms with Crippen molar-refractivity contribution in [2.45, 2.75) is 89.9 Å². The molecule has 5 aromatic heterocycles. The van der Waals surface area contributed by atoms with Crippen LogP contribution in [0.1, 0.15) is 133 Å². The molecule has 18 rings (SSSR count). The van der Waals surface area contributed by atoms with Crippen LogP contribution in [0.5, 0.6) is 52.0 Å². The highest BCUT2D eigenvalue weighted by molar-refractivity contribution is 6.40. The first kappa shape index (κ1) is 78.7. The summed E-state index contributed by atoms with van der Waals surface area (Å²) >= 11 is 38.8. The van der Waals surface area contributed by atoms with E-state index >= 15 is 0 Å². The molecular weight excluding hydrogens is 1620 g/mol. The predicted molar refractivity (Wildman–Crippen MR) is 442 cm³/mol. The van der Waals surface area contributed by atoms with E-state index in [1.165, 1.54) is 24.4 Å². The Morgan fingerprint density at radius 2 is 0.795 bits per heavy atom. The minimum atomic E-state index is -1.21. The molecule has 0 amide bonds. The van der Waals surface area contributed by atoms with Crippen molar-refractivity contribution < 1.29 is 76.1 Å². The number of benzene rings is 10. The zero-order valence-corrected chi connectivity index (χ0v) is 66.4. The van der Waals surface area contributed by atoms with Gasteiger partial charge in [0.2, 0.25) is 11.8 Å². The number of aromatic carboxylic acids is 3. The van der Waals surface area contributed by atoms with E-state index in [4.69, 9.17) is 112 Å². The highest BCUT2D eigenvalue weighted by Gasteiger charge is 2.37. The summed E-state index contributed by atoms with van der Waals surface area (Å²) in [4.78, 5) is 42.6. The van der Waals surface area contributed by atoms with E-state index in [2.05, 4.69) is 25.4 Å². The molecule has 0 spiro atoms. The number of hydrogen-bond donors (Lipinski definition) is 3. The molecule has 0 aliphatic heterocycles. The van der Waals surface area contributed by atoms with Crippen molar-refractivity contribution in [3.63, 3.8) is 0 Å². The molecule has 588 valence electrons. The molecule has 3 N–H and O–H groups in total. The van der Waals surface area contributed by atoms with Crippen LogP contribution in [0.15, 0.2) is 220 Å². The number of carbonyl (C=O) groups is 3. The van der Waals surface area contributed by atoms with E-state index in [1.807, 2.05) is 84.9 Å². The van der Waals surface area contributed by atoms with Gasteiger partial charge >= 0.3 is 17.9 Å². The second-order valence-corrected chi connectivity index (χ2v) is 30.5. The molecule has 3 fully saturated rings. The van der Waals surface area contributed by atoms with Crippen LogP contribution in [-0.4, -0.2) is 58.7 Å². The number of rotatable bonds is 24. The molecule has 0 atom stereocenters. The number of fused-ring (bicyclic) bond motifs is 3. The Morgan fingerprint density at radius 1 is 0.419 bits per heavy atom. The van der Waals surface area contributed by atoms with Crippen LogP contribution < -0.4 is 28.4 Å².